The highest BCUT2D eigenvalue weighted by Crippen LogP contribution is 2.22. The quantitative estimate of drug-likeness (QED) is 0.833. The summed E-state index contributed by atoms with van der Waals surface area (Å²) in [4.78, 5) is 5.12. The lowest BCUT2D eigenvalue weighted by Crippen LogP contribution is -2.16. The highest BCUT2D eigenvalue weighted by Gasteiger charge is 2.12. The van der Waals surface area contributed by atoms with Crippen molar-refractivity contribution in [2.24, 2.45) is 0 Å². The van der Waals surface area contributed by atoms with Crippen molar-refractivity contribution >= 4 is 38.1 Å². The van der Waals surface area contributed by atoms with E-state index in [2.05, 4.69) is 9.71 Å². The lowest BCUT2D eigenvalue weighted by molar-refractivity contribution is 0.600. The molecule has 1 aromatic heterocycles. The fourth-order valence-corrected chi connectivity index (χ4v) is 3.39. The molecule has 0 radical (unpaired) electrons. The number of anilines is 1. The average Bonchev–Trinajstić information content (AvgIpc) is 2.41. The lowest BCUT2D eigenvalue weighted by atomic mass is 10.4. The molecule has 1 rings (SSSR count). The van der Waals surface area contributed by atoms with E-state index in [0.29, 0.717) is 17.4 Å². The average molecular weight is 269 g/mol. The molecule has 0 spiro atoms. The van der Waals surface area contributed by atoms with Crippen molar-refractivity contribution in [2.45, 2.75) is 20.3 Å². The summed E-state index contributed by atoms with van der Waals surface area (Å²) >= 11 is 6.77. The van der Waals surface area contributed by atoms with Crippen molar-refractivity contribution in [2.75, 3.05) is 16.4 Å². The van der Waals surface area contributed by atoms with E-state index in [1.54, 1.807) is 0 Å². The van der Waals surface area contributed by atoms with Gasteiger partial charge in [-0.3, -0.25) is 4.72 Å². The van der Waals surface area contributed by atoms with Crippen molar-refractivity contribution in [1.82, 2.24) is 4.98 Å². The van der Waals surface area contributed by atoms with Crippen LogP contribution >= 0.6 is 22.9 Å². The number of aryl methyl sites for hydroxylation is 2. The summed E-state index contributed by atoms with van der Waals surface area (Å²) in [6, 6.07) is 0. The summed E-state index contributed by atoms with van der Waals surface area (Å²) in [5, 5.41) is 0.430. The Morgan fingerprint density at radius 3 is 2.60 bits per heavy atom. The third-order valence-corrected chi connectivity index (χ3v) is 4.53. The monoisotopic (exact) mass is 268 g/mol. The molecule has 0 saturated heterocycles. The molecule has 15 heavy (non-hydrogen) atoms. The molecule has 86 valence electrons. The van der Waals surface area contributed by atoms with E-state index in [1.807, 2.05) is 13.8 Å². The smallest absolute Gasteiger partial charge is 0.234 e. The molecule has 1 N–H and O–H groups in total. The van der Waals surface area contributed by atoms with Crippen molar-refractivity contribution in [1.29, 1.82) is 0 Å². The second-order valence-corrected chi connectivity index (χ2v) is 6.55. The molecule has 0 atom stereocenters. The van der Waals surface area contributed by atoms with Crippen LogP contribution in [-0.2, 0) is 10.0 Å². The van der Waals surface area contributed by atoms with Gasteiger partial charge in [0.15, 0.2) is 5.13 Å². The van der Waals surface area contributed by atoms with Gasteiger partial charge in [0, 0.05) is 10.8 Å². The van der Waals surface area contributed by atoms with E-state index >= 15 is 0 Å². The molecule has 0 aliphatic carbocycles. The number of aromatic nitrogens is 1. The molecule has 4 nitrogen and oxygen atoms in total. The second-order valence-electron chi connectivity index (χ2n) is 3.12. The number of rotatable bonds is 5. The molecular weight excluding hydrogens is 256 g/mol. The van der Waals surface area contributed by atoms with Gasteiger partial charge < -0.3 is 0 Å². The Labute approximate surface area is 98.7 Å². The first-order valence-corrected chi connectivity index (χ1v) is 7.45. The van der Waals surface area contributed by atoms with Crippen molar-refractivity contribution in [3.8, 4) is 0 Å². The Balaban J connectivity index is 2.69. The predicted octanol–water partition coefficient (Wildman–Crippen LogP) is 2.13. The Morgan fingerprint density at radius 2 is 2.13 bits per heavy atom. The molecule has 0 bridgehead atoms. The molecule has 1 aromatic rings. The van der Waals surface area contributed by atoms with Crippen molar-refractivity contribution < 1.29 is 8.42 Å². The van der Waals surface area contributed by atoms with Crippen molar-refractivity contribution in [3.05, 3.63) is 10.6 Å². The number of hydrogen-bond donors (Lipinski definition) is 1. The van der Waals surface area contributed by atoms with Gasteiger partial charge in [-0.1, -0.05) is 0 Å². The van der Waals surface area contributed by atoms with E-state index in [9.17, 15) is 8.42 Å². The molecular formula is C8H13ClN2O2S2. The van der Waals surface area contributed by atoms with Crippen LogP contribution in [0.2, 0.25) is 0 Å². The molecule has 0 aliphatic heterocycles. The number of nitrogens with zero attached hydrogens (tertiary/aromatic N) is 1. The first-order chi connectivity index (χ1) is 6.94. The van der Waals surface area contributed by atoms with Gasteiger partial charge in [-0.15, -0.1) is 22.9 Å². The van der Waals surface area contributed by atoms with Crippen LogP contribution in [0.25, 0.3) is 0 Å². The Kier molecular flexibility index (Phi) is 4.36. The largest absolute Gasteiger partial charge is 0.259 e. The third kappa shape index (κ3) is 3.96. The molecule has 0 unspecified atom stereocenters. The number of hydrogen-bond acceptors (Lipinski definition) is 4. The summed E-state index contributed by atoms with van der Waals surface area (Å²) in [6.45, 7) is 3.76. The van der Waals surface area contributed by atoms with Gasteiger partial charge in [0.1, 0.15) is 0 Å². The first-order valence-electron chi connectivity index (χ1n) is 4.45. The zero-order chi connectivity index (χ0) is 11.5. The normalized spacial score (nSPS) is 11.7. The Hall–Kier alpha value is -0.330. The van der Waals surface area contributed by atoms with Gasteiger partial charge in [-0.25, -0.2) is 13.4 Å². The molecule has 0 aliphatic rings. The first kappa shape index (κ1) is 12.7. The van der Waals surface area contributed by atoms with Crippen LogP contribution in [0.5, 0.6) is 0 Å². The Bertz CT molecular complexity index is 408. The van der Waals surface area contributed by atoms with E-state index in [1.165, 1.54) is 11.3 Å². The van der Waals surface area contributed by atoms with Crippen LogP contribution in [-0.4, -0.2) is 25.0 Å². The number of halogens is 1. The van der Waals surface area contributed by atoms with Crippen molar-refractivity contribution in [3.63, 3.8) is 0 Å². The van der Waals surface area contributed by atoms with Crippen LogP contribution in [0.4, 0.5) is 5.13 Å². The molecule has 1 heterocycles. The summed E-state index contributed by atoms with van der Waals surface area (Å²) in [5.74, 6) is 0.380. The number of nitrogens with one attached hydrogen (secondary N) is 1. The second kappa shape index (κ2) is 5.14. The van der Waals surface area contributed by atoms with Crippen LogP contribution < -0.4 is 4.72 Å². The third-order valence-electron chi connectivity index (χ3n) is 1.82. The van der Waals surface area contributed by atoms with Crippen LogP contribution in [0.15, 0.2) is 0 Å². The van der Waals surface area contributed by atoms with Gasteiger partial charge in [-0.05, 0) is 20.3 Å². The number of thiazole rings is 1. The maximum absolute atomic E-state index is 11.5. The molecule has 0 aromatic carbocycles. The lowest BCUT2D eigenvalue weighted by Gasteiger charge is -2.02. The van der Waals surface area contributed by atoms with Gasteiger partial charge in [0.2, 0.25) is 10.0 Å². The minimum Gasteiger partial charge on any atom is -0.259 e. The van der Waals surface area contributed by atoms with Crippen LogP contribution in [0.1, 0.15) is 17.0 Å². The topological polar surface area (TPSA) is 59.1 Å². The predicted molar refractivity (Wildman–Crippen MR) is 64.3 cm³/mol. The maximum atomic E-state index is 11.5. The van der Waals surface area contributed by atoms with E-state index in [-0.39, 0.29) is 5.75 Å². The minimum atomic E-state index is -3.29. The highest BCUT2D eigenvalue weighted by molar-refractivity contribution is 7.92. The summed E-state index contributed by atoms with van der Waals surface area (Å²) in [7, 11) is -3.29. The summed E-state index contributed by atoms with van der Waals surface area (Å²) in [5.41, 5.74) is 0.857. The SMILES string of the molecule is Cc1nc(NS(=O)(=O)CCCCl)sc1C. The summed E-state index contributed by atoms with van der Waals surface area (Å²) < 4.78 is 25.4. The van der Waals surface area contributed by atoms with E-state index < -0.39 is 10.0 Å². The Morgan fingerprint density at radius 1 is 1.47 bits per heavy atom. The maximum Gasteiger partial charge on any atom is 0.234 e. The van der Waals surface area contributed by atoms with E-state index in [4.69, 9.17) is 11.6 Å². The van der Waals surface area contributed by atoms with Crippen LogP contribution in [0.3, 0.4) is 0 Å². The van der Waals surface area contributed by atoms with Gasteiger partial charge >= 0.3 is 0 Å². The summed E-state index contributed by atoms with van der Waals surface area (Å²) in [6.07, 6.45) is 0.445. The van der Waals surface area contributed by atoms with Gasteiger partial charge in [0.25, 0.3) is 0 Å². The van der Waals surface area contributed by atoms with Gasteiger partial charge in [-0.2, -0.15) is 0 Å². The number of sulfonamides is 1. The minimum absolute atomic E-state index is 0.0359. The fraction of sp³-hybridized carbons (Fsp3) is 0.625. The van der Waals surface area contributed by atoms with E-state index in [0.717, 1.165) is 10.6 Å². The molecule has 0 saturated carbocycles. The zero-order valence-electron chi connectivity index (χ0n) is 8.58. The van der Waals surface area contributed by atoms with Gasteiger partial charge in [0.05, 0.1) is 11.4 Å². The molecule has 0 fully saturated rings. The standard InChI is InChI=1S/C8H13ClN2O2S2/c1-6-7(2)14-8(10-6)11-15(12,13)5-3-4-9/h3-5H2,1-2H3,(H,10,11). The van der Waals surface area contributed by atoms with Crippen LogP contribution in [0, 0.1) is 13.8 Å². The highest BCUT2D eigenvalue weighted by atomic mass is 35.5. The zero-order valence-corrected chi connectivity index (χ0v) is 11.0. The molecule has 7 heteroatoms. The fourth-order valence-electron chi connectivity index (χ4n) is 0.945. The number of alkyl halides is 1. The molecule has 0 amide bonds.